The third kappa shape index (κ3) is 3.69. The first-order chi connectivity index (χ1) is 12.3. The van der Waals surface area contributed by atoms with E-state index in [4.69, 9.17) is 35.4 Å². The fraction of sp³-hybridized carbons (Fsp3) is 0.0556. The largest absolute Gasteiger partial charge is 0.298 e. The van der Waals surface area contributed by atoms with Gasteiger partial charge in [0.2, 0.25) is 0 Å². The van der Waals surface area contributed by atoms with Crippen LogP contribution in [0, 0.1) is 6.92 Å². The lowest BCUT2D eigenvalue weighted by molar-refractivity contribution is -0.122. The third-order valence-corrected chi connectivity index (χ3v) is 5.10. The van der Waals surface area contributed by atoms with Gasteiger partial charge >= 0.3 is 0 Å². The normalized spacial score (nSPS) is 16.2. The molecule has 3 rings (SSSR count). The van der Waals surface area contributed by atoms with Gasteiger partial charge in [0.15, 0.2) is 5.11 Å². The van der Waals surface area contributed by atoms with E-state index in [-0.39, 0.29) is 10.7 Å². The molecule has 1 saturated heterocycles. The molecule has 0 unspecified atom stereocenters. The predicted molar refractivity (Wildman–Crippen MR) is 112 cm³/mol. The Morgan fingerprint density at radius 2 is 1.88 bits per heavy atom. The van der Waals surface area contributed by atoms with Gasteiger partial charge in [-0.15, -0.1) is 0 Å². The maximum atomic E-state index is 13.0. The summed E-state index contributed by atoms with van der Waals surface area (Å²) in [4.78, 5) is 26.6. The average Bonchev–Trinajstić information content (AvgIpc) is 2.55. The van der Waals surface area contributed by atoms with Gasteiger partial charge in [-0.1, -0.05) is 45.2 Å². The van der Waals surface area contributed by atoms with Gasteiger partial charge < -0.3 is 0 Å². The molecule has 26 heavy (non-hydrogen) atoms. The van der Waals surface area contributed by atoms with Crippen LogP contribution in [0.4, 0.5) is 5.69 Å². The highest BCUT2D eigenvalue weighted by molar-refractivity contribution is 9.10. The fourth-order valence-corrected chi connectivity index (χ4v) is 3.73. The number of hydrogen-bond donors (Lipinski definition) is 1. The molecule has 1 N–H and O–H groups in total. The quantitative estimate of drug-likeness (QED) is 0.386. The van der Waals surface area contributed by atoms with Crippen molar-refractivity contribution in [1.29, 1.82) is 0 Å². The molecule has 1 heterocycles. The molecule has 132 valence electrons. The van der Waals surface area contributed by atoms with E-state index < -0.39 is 11.8 Å². The smallest absolute Gasteiger partial charge is 0.270 e. The Hall–Kier alpha value is -1.73. The minimum atomic E-state index is -0.572. The molecule has 1 aliphatic rings. The second kappa shape index (κ2) is 7.48. The summed E-state index contributed by atoms with van der Waals surface area (Å²) in [6.07, 6.45) is 1.43. The molecule has 0 radical (unpaired) electrons. The van der Waals surface area contributed by atoms with E-state index in [0.29, 0.717) is 21.3 Å². The topological polar surface area (TPSA) is 49.4 Å². The van der Waals surface area contributed by atoms with Gasteiger partial charge in [0, 0.05) is 14.5 Å². The lowest BCUT2D eigenvalue weighted by atomic mass is 10.1. The van der Waals surface area contributed by atoms with Gasteiger partial charge in [0.1, 0.15) is 5.57 Å². The van der Waals surface area contributed by atoms with Gasteiger partial charge in [-0.3, -0.25) is 19.8 Å². The minimum Gasteiger partial charge on any atom is -0.298 e. The molecular formula is C18H11BrCl2N2O2S. The van der Waals surface area contributed by atoms with Crippen LogP contribution in [-0.2, 0) is 9.59 Å². The Morgan fingerprint density at radius 1 is 1.15 bits per heavy atom. The SMILES string of the molecule is Cc1cc(Br)ccc1N1C(=O)/C(=C/c2ccc(Cl)cc2Cl)C(=O)NC1=S. The van der Waals surface area contributed by atoms with Crippen molar-refractivity contribution in [3.05, 3.63) is 67.6 Å². The number of carbonyl (C=O) groups is 2. The molecule has 0 spiro atoms. The number of amides is 2. The molecule has 0 saturated carbocycles. The van der Waals surface area contributed by atoms with Crippen molar-refractivity contribution >= 4 is 80.0 Å². The molecule has 2 amide bonds. The summed E-state index contributed by atoms with van der Waals surface area (Å²) in [6, 6.07) is 10.2. The molecule has 1 aliphatic heterocycles. The summed E-state index contributed by atoms with van der Waals surface area (Å²) in [5, 5.41) is 3.38. The lowest BCUT2D eigenvalue weighted by Gasteiger charge is -2.30. The summed E-state index contributed by atoms with van der Waals surface area (Å²) in [5.74, 6) is -1.09. The van der Waals surface area contributed by atoms with Crippen LogP contribution in [-0.4, -0.2) is 16.9 Å². The number of nitrogens with zero attached hydrogens (tertiary/aromatic N) is 1. The monoisotopic (exact) mass is 468 g/mol. The van der Waals surface area contributed by atoms with Gasteiger partial charge in [-0.05, 0) is 66.7 Å². The Balaban J connectivity index is 2.07. The zero-order valence-corrected chi connectivity index (χ0v) is 17.3. The highest BCUT2D eigenvalue weighted by atomic mass is 79.9. The summed E-state index contributed by atoms with van der Waals surface area (Å²) in [7, 11) is 0. The first-order valence-corrected chi connectivity index (χ1v) is 9.36. The second-order valence-corrected chi connectivity index (χ2v) is 7.70. The molecule has 8 heteroatoms. The highest BCUT2D eigenvalue weighted by Gasteiger charge is 2.35. The van der Waals surface area contributed by atoms with Gasteiger partial charge in [-0.25, -0.2) is 0 Å². The van der Waals surface area contributed by atoms with Crippen LogP contribution in [0.5, 0.6) is 0 Å². The van der Waals surface area contributed by atoms with E-state index in [9.17, 15) is 9.59 Å². The Kier molecular flexibility index (Phi) is 5.48. The van der Waals surface area contributed by atoms with Crippen LogP contribution in [0.15, 0.2) is 46.4 Å². The molecule has 0 bridgehead atoms. The second-order valence-electron chi connectivity index (χ2n) is 5.55. The Bertz CT molecular complexity index is 991. The Labute approximate surface area is 173 Å². The number of anilines is 1. The highest BCUT2D eigenvalue weighted by Crippen LogP contribution is 2.29. The first kappa shape index (κ1) is 19.0. The van der Waals surface area contributed by atoms with Crippen molar-refractivity contribution in [3.8, 4) is 0 Å². The molecule has 4 nitrogen and oxygen atoms in total. The van der Waals surface area contributed by atoms with E-state index in [1.165, 1.54) is 11.0 Å². The number of aryl methyl sites for hydroxylation is 1. The number of hydrogen-bond acceptors (Lipinski definition) is 3. The number of halogens is 3. The van der Waals surface area contributed by atoms with Crippen LogP contribution in [0.1, 0.15) is 11.1 Å². The number of rotatable bonds is 2. The molecule has 0 aliphatic carbocycles. The van der Waals surface area contributed by atoms with Crippen LogP contribution >= 0.6 is 51.3 Å². The van der Waals surface area contributed by atoms with Crippen molar-refractivity contribution in [3.63, 3.8) is 0 Å². The Morgan fingerprint density at radius 3 is 2.54 bits per heavy atom. The third-order valence-electron chi connectivity index (χ3n) is 3.76. The maximum absolute atomic E-state index is 13.0. The summed E-state index contributed by atoms with van der Waals surface area (Å²) >= 11 is 20.6. The number of nitrogens with one attached hydrogen (secondary N) is 1. The summed E-state index contributed by atoms with van der Waals surface area (Å²) < 4.78 is 0.877. The van der Waals surface area contributed by atoms with E-state index in [1.807, 2.05) is 13.0 Å². The molecule has 1 fully saturated rings. The van der Waals surface area contributed by atoms with Crippen molar-refractivity contribution in [2.45, 2.75) is 6.92 Å². The summed E-state index contributed by atoms with van der Waals surface area (Å²) in [6.45, 7) is 1.85. The zero-order valence-electron chi connectivity index (χ0n) is 13.3. The lowest BCUT2D eigenvalue weighted by Crippen LogP contribution is -2.54. The fourth-order valence-electron chi connectivity index (χ4n) is 2.52. The van der Waals surface area contributed by atoms with E-state index in [0.717, 1.165) is 10.0 Å². The van der Waals surface area contributed by atoms with Crippen LogP contribution in [0.3, 0.4) is 0 Å². The van der Waals surface area contributed by atoms with Crippen molar-refractivity contribution in [2.75, 3.05) is 4.90 Å². The molecule has 0 aromatic heterocycles. The van der Waals surface area contributed by atoms with Crippen LogP contribution in [0.25, 0.3) is 6.08 Å². The van der Waals surface area contributed by atoms with E-state index in [2.05, 4.69) is 21.2 Å². The molecular weight excluding hydrogens is 459 g/mol. The number of carbonyl (C=O) groups excluding carboxylic acids is 2. The van der Waals surface area contributed by atoms with Crippen molar-refractivity contribution < 1.29 is 9.59 Å². The van der Waals surface area contributed by atoms with E-state index >= 15 is 0 Å². The standard InChI is InChI=1S/C18H11BrCl2N2O2S/c1-9-6-11(19)3-5-15(9)23-17(25)13(16(24)22-18(23)26)7-10-2-4-12(20)8-14(10)21/h2-8H,1H3,(H,22,24,26)/b13-7+. The summed E-state index contributed by atoms with van der Waals surface area (Å²) in [5.41, 5.74) is 1.87. The van der Waals surface area contributed by atoms with Crippen LogP contribution in [0.2, 0.25) is 10.0 Å². The molecule has 2 aromatic carbocycles. The van der Waals surface area contributed by atoms with Crippen molar-refractivity contribution in [1.82, 2.24) is 5.32 Å². The number of benzene rings is 2. The predicted octanol–water partition coefficient (Wildman–Crippen LogP) is 4.90. The average molecular weight is 470 g/mol. The molecule has 0 atom stereocenters. The molecule has 2 aromatic rings. The number of thiocarbonyl (C=S) groups is 1. The minimum absolute atomic E-state index is 0.0322. The maximum Gasteiger partial charge on any atom is 0.270 e. The van der Waals surface area contributed by atoms with Gasteiger partial charge in [0.25, 0.3) is 11.8 Å². The van der Waals surface area contributed by atoms with Gasteiger partial charge in [0.05, 0.1) is 5.69 Å². The van der Waals surface area contributed by atoms with Gasteiger partial charge in [-0.2, -0.15) is 0 Å². The first-order valence-electron chi connectivity index (χ1n) is 7.40. The van der Waals surface area contributed by atoms with Crippen LogP contribution < -0.4 is 10.2 Å². The zero-order chi connectivity index (χ0) is 19.0. The van der Waals surface area contributed by atoms with E-state index in [1.54, 1.807) is 30.3 Å². The van der Waals surface area contributed by atoms with Crippen molar-refractivity contribution in [2.24, 2.45) is 0 Å².